The van der Waals surface area contributed by atoms with Crippen LogP contribution < -0.4 is 0 Å². The molecule has 0 unspecified atom stereocenters. The van der Waals surface area contributed by atoms with Crippen molar-refractivity contribution in [3.63, 3.8) is 0 Å². The number of hydrogen-bond donors (Lipinski definition) is 0. The van der Waals surface area contributed by atoms with Gasteiger partial charge in [0.2, 0.25) is 0 Å². The Hall–Kier alpha value is -1.83. The highest BCUT2D eigenvalue weighted by atomic mass is 35.5. The molecule has 0 saturated heterocycles. The van der Waals surface area contributed by atoms with Gasteiger partial charge in [0, 0.05) is 21.8 Å². The van der Waals surface area contributed by atoms with Crippen LogP contribution in [0.25, 0.3) is 11.3 Å². The van der Waals surface area contributed by atoms with Crippen LogP contribution in [0.1, 0.15) is 11.1 Å². The van der Waals surface area contributed by atoms with Gasteiger partial charge in [-0.25, -0.2) is 0 Å². The summed E-state index contributed by atoms with van der Waals surface area (Å²) in [6.45, 7) is 0. The number of pyridine rings is 1. The largest absolute Gasteiger partial charge is 0.256 e. The third kappa shape index (κ3) is 3.88. The van der Waals surface area contributed by atoms with Crippen molar-refractivity contribution in [2.75, 3.05) is 0 Å². The fourth-order valence-corrected chi connectivity index (χ4v) is 2.97. The number of benzene rings is 2. The van der Waals surface area contributed by atoms with Gasteiger partial charge in [-0.2, -0.15) is 0 Å². The van der Waals surface area contributed by atoms with Gasteiger partial charge >= 0.3 is 0 Å². The highest BCUT2D eigenvalue weighted by Gasteiger charge is 2.02. The molecule has 0 spiro atoms. The van der Waals surface area contributed by atoms with Crippen LogP contribution in [0.2, 0.25) is 10.0 Å². The van der Waals surface area contributed by atoms with Gasteiger partial charge in [0.1, 0.15) is 0 Å². The van der Waals surface area contributed by atoms with Gasteiger partial charge in [0.15, 0.2) is 0 Å². The molecular weight excluding hydrogens is 313 g/mol. The van der Waals surface area contributed by atoms with Crippen molar-refractivity contribution < 1.29 is 0 Å². The fraction of sp³-hybridized carbons (Fsp3) is 0.105. The maximum absolute atomic E-state index is 6.02. The van der Waals surface area contributed by atoms with Crippen LogP contribution in [-0.4, -0.2) is 4.98 Å². The molecule has 3 heteroatoms. The lowest BCUT2D eigenvalue weighted by atomic mass is 10.0. The molecule has 0 bridgehead atoms. The van der Waals surface area contributed by atoms with E-state index in [9.17, 15) is 0 Å². The lowest BCUT2D eigenvalue weighted by Gasteiger charge is -2.05. The monoisotopic (exact) mass is 327 g/mol. The third-order valence-corrected chi connectivity index (χ3v) is 3.96. The average molecular weight is 328 g/mol. The first-order valence-corrected chi connectivity index (χ1v) is 7.91. The minimum Gasteiger partial charge on any atom is -0.256 e. The van der Waals surface area contributed by atoms with E-state index in [0.29, 0.717) is 10.0 Å². The summed E-state index contributed by atoms with van der Waals surface area (Å²) in [7, 11) is 0. The Morgan fingerprint density at radius 2 is 1.41 bits per heavy atom. The first kappa shape index (κ1) is 15.1. The molecule has 0 aliphatic rings. The fourth-order valence-electron chi connectivity index (χ4n) is 2.40. The van der Waals surface area contributed by atoms with Gasteiger partial charge in [-0.15, -0.1) is 0 Å². The summed E-state index contributed by atoms with van der Waals surface area (Å²) in [5.74, 6) is 0. The molecule has 3 rings (SSSR count). The van der Waals surface area contributed by atoms with E-state index in [1.807, 2.05) is 36.5 Å². The summed E-state index contributed by atoms with van der Waals surface area (Å²) in [6.07, 6.45) is 3.75. The van der Waals surface area contributed by atoms with Crippen molar-refractivity contribution in [2.24, 2.45) is 0 Å². The molecular formula is C19H15Cl2N. The van der Waals surface area contributed by atoms with Gasteiger partial charge in [0.05, 0.1) is 5.69 Å². The Kier molecular flexibility index (Phi) is 4.77. The zero-order chi connectivity index (χ0) is 15.4. The minimum absolute atomic E-state index is 0.681. The first-order valence-electron chi connectivity index (χ1n) is 7.16. The summed E-state index contributed by atoms with van der Waals surface area (Å²) in [5.41, 5.74) is 4.48. The second-order valence-electron chi connectivity index (χ2n) is 5.20. The van der Waals surface area contributed by atoms with Gasteiger partial charge in [-0.05, 0) is 48.2 Å². The van der Waals surface area contributed by atoms with Gasteiger partial charge in [-0.1, -0.05) is 59.6 Å². The Morgan fingerprint density at radius 1 is 0.727 bits per heavy atom. The predicted molar refractivity (Wildman–Crippen MR) is 93.5 cm³/mol. The van der Waals surface area contributed by atoms with Gasteiger partial charge in [-0.3, -0.25) is 4.98 Å². The van der Waals surface area contributed by atoms with Crippen LogP contribution in [-0.2, 0) is 12.8 Å². The molecule has 22 heavy (non-hydrogen) atoms. The number of aromatic nitrogens is 1. The minimum atomic E-state index is 0.681. The van der Waals surface area contributed by atoms with Gasteiger partial charge < -0.3 is 0 Å². The van der Waals surface area contributed by atoms with Crippen molar-refractivity contribution in [2.45, 2.75) is 12.8 Å². The van der Waals surface area contributed by atoms with Crippen molar-refractivity contribution in [1.82, 2.24) is 4.98 Å². The molecule has 1 nitrogen and oxygen atoms in total. The summed E-state index contributed by atoms with van der Waals surface area (Å²) < 4.78 is 0. The molecule has 3 aromatic rings. The normalized spacial score (nSPS) is 10.6. The Morgan fingerprint density at radius 3 is 2.05 bits per heavy atom. The summed E-state index contributed by atoms with van der Waals surface area (Å²) >= 11 is 12.0. The highest BCUT2D eigenvalue weighted by Crippen LogP contribution is 2.21. The van der Waals surface area contributed by atoms with E-state index in [1.165, 1.54) is 5.56 Å². The van der Waals surface area contributed by atoms with Crippen molar-refractivity contribution in [3.05, 3.63) is 88.0 Å². The average Bonchev–Trinajstić information content (AvgIpc) is 2.53. The van der Waals surface area contributed by atoms with Gasteiger partial charge in [0.25, 0.3) is 0 Å². The van der Waals surface area contributed by atoms with E-state index in [1.54, 1.807) is 6.07 Å². The third-order valence-electron chi connectivity index (χ3n) is 3.52. The summed E-state index contributed by atoms with van der Waals surface area (Å²) in [5, 5.41) is 1.36. The Labute approximate surface area is 140 Å². The number of aryl methyl sites for hydroxylation is 2. The van der Waals surface area contributed by atoms with Crippen molar-refractivity contribution >= 4 is 23.2 Å². The molecule has 1 aromatic heterocycles. The van der Waals surface area contributed by atoms with E-state index in [4.69, 9.17) is 23.2 Å². The van der Waals surface area contributed by atoms with E-state index in [0.717, 1.165) is 29.7 Å². The van der Waals surface area contributed by atoms with Crippen molar-refractivity contribution in [3.8, 4) is 11.3 Å². The zero-order valence-electron chi connectivity index (χ0n) is 12.0. The van der Waals surface area contributed by atoms with E-state index >= 15 is 0 Å². The maximum atomic E-state index is 6.02. The molecule has 0 amide bonds. The lowest BCUT2D eigenvalue weighted by Crippen LogP contribution is -1.93. The molecule has 0 aliphatic carbocycles. The van der Waals surface area contributed by atoms with Crippen LogP contribution in [0.4, 0.5) is 0 Å². The Balaban J connectivity index is 1.69. The topological polar surface area (TPSA) is 12.9 Å². The highest BCUT2D eigenvalue weighted by molar-refractivity contribution is 6.34. The summed E-state index contributed by atoms with van der Waals surface area (Å²) in [4.78, 5) is 4.54. The molecule has 1 heterocycles. The molecule has 0 N–H and O–H groups in total. The lowest BCUT2D eigenvalue weighted by molar-refractivity contribution is 0.951. The van der Waals surface area contributed by atoms with E-state index in [-0.39, 0.29) is 0 Å². The maximum Gasteiger partial charge on any atom is 0.0702 e. The number of hydrogen-bond acceptors (Lipinski definition) is 1. The van der Waals surface area contributed by atoms with Crippen LogP contribution in [0.3, 0.4) is 0 Å². The second-order valence-corrected chi connectivity index (χ2v) is 6.07. The molecule has 2 aromatic carbocycles. The molecule has 0 saturated carbocycles. The number of rotatable bonds is 4. The number of nitrogens with zero attached hydrogens (tertiary/aromatic N) is 1. The molecule has 110 valence electrons. The smallest absolute Gasteiger partial charge is 0.0702 e. The zero-order valence-corrected chi connectivity index (χ0v) is 13.5. The van der Waals surface area contributed by atoms with Crippen LogP contribution in [0.5, 0.6) is 0 Å². The van der Waals surface area contributed by atoms with Crippen LogP contribution in [0.15, 0.2) is 66.9 Å². The molecule has 0 radical (unpaired) electrons. The molecule has 0 atom stereocenters. The quantitative estimate of drug-likeness (QED) is 0.586. The molecule has 0 fully saturated rings. The molecule has 0 aliphatic heterocycles. The standard InChI is InChI=1S/C19H15Cl2N/c20-17-10-15(11-18(21)12-17)7-6-14-8-9-19(22-13-14)16-4-2-1-3-5-16/h1-5,8-13H,6-7H2. The Bertz CT molecular complexity index is 732. The van der Waals surface area contributed by atoms with E-state index < -0.39 is 0 Å². The SMILES string of the molecule is Clc1cc(Cl)cc(CCc2ccc(-c3ccccc3)nc2)c1. The van der Waals surface area contributed by atoms with Crippen LogP contribution >= 0.6 is 23.2 Å². The first-order chi connectivity index (χ1) is 10.7. The predicted octanol–water partition coefficient (Wildman–Crippen LogP) is 5.84. The van der Waals surface area contributed by atoms with Crippen LogP contribution in [0, 0.1) is 0 Å². The number of halogens is 2. The van der Waals surface area contributed by atoms with E-state index in [2.05, 4.69) is 29.2 Å². The second kappa shape index (κ2) is 6.95. The summed E-state index contributed by atoms with van der Waals surface area (Å²) in [6, 6.07) is 20.0. The van der Waals surface area contributed by atoms with Crippen molar-refractivity contribution in [1.29, 1.82) is 0 Å².